The summed E-state index contributed by atoms with van der Waals surface area (Å²) in [4.78, 5) is 76.2. The summed E-state index contributed by atoms with van der Waals surface area (Å²) in [5.41, 5.74) is 2.56. The number of benzene rings is 5. The van der Waals surface area contributed by atoms with E-state index < -0.39 is 39.1 Å². The number of hydrogen-bond donors (Lipinski definition) is 5. The van der Waals surface area contributed by atoms with Gasteiger partial charge in [-0.3, -0.25) is 9.59 Å². The van der Waals surface area contributed by atoms with Crippen molar-refractivity contribution in [3.63, 3.8) is 0 Å². The van der Waals surface area contributed by atoms with E-state index in [1.165, 1.54) is 74.9 Å². The van der Waals surface area contributed by atoms with Crippen molar-refractivity contribution in [3.8, 4) is 28.7 Å². The zero-order chi connectivity index (χ0) is 51.9. The number of carboxylic acid groups (broad SMARTS) is 3. The van der Waals surface area contributed by atoms with Gasteiger partial charge in [-0.2, -0.15) is 0 Å². The van der Waals surface area contributed by atoms with Crippen LogP contribution in [0.1, 0.15) is 59.9 Å². The maximum atomic E-state index is 12.0. The monoisotopic (exact) mass is 1200 g/mol. The molecular weight excluding hydrogens is 1150 g/mol. The second kappa shape index (κ2) is 57.4. The van der Waals surface area contributed by atoms with E-state index in [0.717, 1.165) is 17.7 Å². The van der Waals surface area contributed by atoms with Crippen LogP contribution >= 0.6 is 21.4 Å². The minimum Gasteiger partial charge on any atom is -1.00 e. The molecule has 0 aliphatic heterocycles. The molecule has 21 nitrogen and oxygen atoms in total. The van der Waals surface area contributed by atoms with Crippen molar-refractivity contribution >= 4 is 85.5 Å². The summed E-state index contributed by atoms with van der Waals surface area (Å²) in [6.07, 6.45) is 5.00. The van der Waals surface area contributed by atoms with Crippen molar-refractivity contribution in [1.29, 1.82) is 0 Å². The number of phenols is 2. The number of carbonyl (C=O) groups is 7. The Labute approximate surface area is 611 Å². The molecule has 0 fully saturated rings. The second-order valence-corrected chi connectivity index (χ2v) is 13.8. The van der Waals surface area contributed by atoms with Gasteiger partial charge in [0.05, 0.1) is 38.0 Å². The molecule has 0 radical (unpaired) electrons. The van der Waals surface area contributed by atoms with Gasteiger partial charge >= 0.3 is 235 Å². The largest absolute Gasteiger partial charge is 1.00 e. The van der Waals surface area contributed by atoms with E-state index in [1.807, 2.05) is 0 Å². The quantitative estimate of drug-likeness (QED) is 0.0114. The van der Waals surface area contributed by atoms with Crippen LogP contribution in [0.2, 0.25) is 0 Å². The molecule has 0 spiro atoms. The van der Waals surface area contributed by atoms with Gasteiger partial charge in [-0.05, 0) is 120 Å². The molecule has 384 valence electrons. The number of carboxylic acids is 3. The van der Waals surface area contributed by atoms with E-state index in [4.69, 9.17) is 64.1 Å². The van der Waals surface area contributed by atoms with Crippen LogP contribution in [-0.4, -0.2) is 93.9 Å². The van der Waals surface area contributed by atoms with Crippen LogP contribution in [0.25, 0.3) is 12.2 Å². The molecule has 28 heteroatoms. The van der Waals surface area contributed by atoms with Crippen molar-refractivity contribution in [2.24, 2.45) is 0 Å². The summed E-state index contributed by atoms with van der Waals surface area (Å²) in [5, 5.41) is 60.0. The van der Waals surface area contributed by atoms with Crippen LogP contribution < -0.4 is 230 Å². The molecule has 0 unspecified atom stereocenters. The zero-order valence-corrected chi connectivity index (χ0v) is 54.3. The first-order valence-electron chi connectivity index (χ1n) is 17.8. The van der Waals surface area contributed by atoms with Gasteiger partial charge in [0.1, 0.15) is 28.7 Å². The van der Waals surface area contributed by atoms with Gasteiger partial charge in [-0.25, -0.2) is 28.2 Å². The number of phenolic OH excluding ortho intramolecular Hbond substituents is 2. The minimum absolute atomic E-state index is 0. The Morgan fingerprint density at radius 3 is 1.07 bits per heavy atom. The molecule has 0 aliphatic rings. The molecular formula is C46H50Cl2K4O21S. The Morgan fingerprint density at radius 1 is 0.514 bits per heavy atom. The van der Waals surface area contributed by atoms with Crippen LogP contribution in [0, 0.1) is 0 Å². The van der Waals surface area contributed by atoms with E-state index in [0.29, 0.717) is 33.9 Å². The number of hydrogen-bond acceptors (Lipinski definition) is 18. The number of ether oxygens (including phenoxy) is 4. The fraction of sp³-hybridized carbons (Fsp3) is 0.109. The fourth-order valence-electron chi connectivity index (χ4n) is 3.91. The molecule has 74 heavy (non-hydrogen) atoms. The molecule has 0 atom stereocenters. The fourth-order valence-corrected chi connectivity index (χ4v) is 3.91. The summed E-state index contributed by atoms with van der Waals surface area (Å²) in [6, 6.07) is 31.5. The molecule has 0 saturated heterocycles. The standard InChI is InChI=1S/C17H14O5.C9H8O3.2C8H8O3.2CH2O3.2CH4.Cl2OS.4K.2H/c1-21-14-9-5-13(6-10-14)17(20)22-15-7-2-12(3-8-15)4-11-16(18)19;10-8-4-1-7(2-5-8)3-6-9(11)12;1-11-7-4-2-6(3-5-7)8(9)10;1-11-8(10)6-2-4-7(9)5-3-6;2*2-1-4-3;;;1-4(2)3;;;;;;/h2-11H,1H3,(H,18,19);1-6,10H,(H,11,12);2-5H,1H3,(H,9,10);2-5,9H,1H3;2*1,3H;2*1H4;;;;;;;/q;;;;;;;;;4*+1;2*-1/p-2. The number of aromatic hydroxyl groups is 2. The van der Waals surface area contributed by atoms with E-state index in [9.17, 15) is 24.0 Å². The van der Waals surface area contributed by atoms with Crippen molar-refractivity contribution in [2.45, 2.75) is 14.9 Å². The molecule has 0 aliphatic carbocycles. The third-order valence-electron chi connectivity index (χ3n) is 6.85. The van der Waals surface area contributed by atoms with Gasteiger partial charge in [0.15, 0.2) is 0 Å². The van der Waals surface area contributed by atoms with Crippen LogP contribution in [0.3, 0.4) is 0 Å². The third kappa shape index (κ3) is 49.8. The first kappa shape index (κ1) is 88.9. The maximum absolute atomic E-state index is 12.0. The Bertz CT molecular complexity index is 2360. The summed E-state index contributed by atoms with van der Waals surface area (Å²) in [6.45, 7) is -0.361. The van der Waals surface area contributed by atoms with Gasteiger partial charge in [-0.15, -0.1) is 0 Å². The number of methoxy groups -OCH3 is 3. The molecule has 0 saturated carbocycles. The summed E-state index contributed by atoms with van der Waals surface area (Å²) >= 11 is 0. The number of esters is 2. The Kier molecular flexibility index (Phi) is 69.0. The molecule has 5 rings (SSSR count). The first-order valence-corrected chi connectivity index (χ1v) is 20.6. The van der Waals surface area contributed by atoms with E-state index in [1.54, 1.807) is 79.9 Å². The van der Waals surface area contributed by atoms with E-state index >= 15 is 0 Å². The average molecular weight is 1200 g/mol. The molecule has 0 amide bonds. The van der Waals surface area contributed by atoms with Crippen molar-refractivity contribution < 1.29 is 311 Å². The average Bonchev–Trinajstić information content (AvgIpc) is 3.34. The van der Waals surface area contributed by atoms with Crippen molar-refractivity contribution in [2.75, 3.05) is 21.3 Å². The van der Waals surface area contributed by atoms with Crippen LogP contribution in [-0.2, 0) is 42.9 Å². The summed E-state index contributed by atoms with van der Waals surface area (Å²) in [7, 11) is 11.8. The SMILES string of the molecule is C.C.COC(=O)c1ccc(O)cc1.COc1ccc(C(=O)O)cc1.COc1ccc(C(=O)Oc2ccc(C=CC(=O)O)cc2)cc1.O=C(O)C=Cc1ccc(O)cc1.O=CO[O-].O=CO[O-].O=S(Cl)Cl.[H-].[H-].[K+].[K+].[K+].[K+]. The smallest absolute Gasteiger partial charge is 1.00 e. The summed E-state index contributed by atoms with van der Waals surface area (Å²) < 4.78 is 28.7. The number of halogens is 2. The van der Waals surface area contributed by atoms with Crippen LogP contribution in [0.15, 0.2) is 133 Å². The van der Waals surface area contributed by atoms with E-state index in [-0.39, 0.29) is 253 Å². The number of aromatic carboxylic acids is 1. The minimum atomic E-state index is -1.67. The predicted octanol–water partition coefficient (Wildman–Crippen LogP) is -5.50. The number of rotatable bonds is 12. The van der Waals surface area contributed by atoms with Gasteiger partial charge in [0.2, 0.25) is 9.23 Å². The zero-order valence-electron chi connectivity index (χ0n) is 41.4. The Morgan fingerprint density at radius 2 is 0.784 bits per heavy atom. The Hall–Kier alpha value is -1.73. The predicted molar refractivity (Wildman–Crippen MR) is 255 cm³/mol. The van der Waals surface area contributed by atoms with E-state index in [2.05, 4.69) is 35.9 Å². The van der Waals surface area contributed by atoms with Gasteiger partial charge in [0.25, 0.3) is 12.9 Å². The molecule has 0 bridgehead atoms. The normalized spacial score (nSPS) is 8.54. The van der Waals surface area contributed by atoms with Gasteiger partial charge < -0.3 is 67.6 Å². The third-order valence-corrected chi connectivity index (χ3v) is 6.85. The van der Waals surface area contributed by atoms with Crippen molar-refractivity contribution in [3.05, 3.63) is 161 Å². The molecule has 5 aromatic rings. The molecule has 5 aromatic carbocycles. The first-order chi connectivity index (χ1) is 32.3. The molecule has 0 aromatic heterocycles. The van der Waals surface area contributed by atoms with Crippen LogP contribution in [0.5, 0.6) is 28.7 Å². The maximum Gasteiger partial charge on any atom is 1.00 e. The topological polar surface area (TPSA) is 339 Å². The molecule has 5 N–H and O–H groups in total. The number of aliphatic carboxylic acids is 2. The molecule has 0 heterocycles. The summed E-state index contributed by atoms with van der Waals surface area (Å²) in [5.74, 6) is -1.79. The number of carbonyl (C=O) groups excluding carboxylic acids is 4. The Balaban J connectivity index is -0.0000000888. The van der Waals surface area contributed by atoms with Gasteiger partial charge in [0, 0.05) is 33.5 Å². The second-order valence-electron chi connectivity index (χ2n) is 11.3. The van der Waals surface area contributed by atoms with Crippen LogP contribution in [0.4, 0.5) is 0 Å². The van der Waals surface area contributed by atoms with Crippen molar-refractivity contribution in [1.82, 2.24) is 0 Å². The van der Waals surface area contributed by atoms with Gasteiger partial charge in [-0.1, -0.05) is 39.1 Å².